The van der Waals surface area contributed by atoms with Crippen LogP contribution in [0.1, 0.15) is 6.92 Å². The van der Waals surface area contributed by atoms with Gasteiger partial charge >= 0.3 is 0 Å². The van der Waals surface area contributed by atoms with Crippen LogP contribution in [0.25, 0.3) is 0 Å². The van der Waals surface area contributed by atoms with Crippen LogP contribution in [0.3, 0.4) is 0 Å². The van der Waals surface area contributed by atoms with Gasteiger partial charge in [0.2, 0.25) is 0 Å². The quantitative estimate of drug-likeness (QED) is 0.628. The lowest BCUT2D eigenvalue weighted by atomic mass is 10.5. The van der Waals surface area contributed by atoms with Gasteiger partial charge in [-0.1, -0.05) is 13.0 Å². The monoisotopic (exact) mass is 211 g/mol. The maximum atomic E-state index is 3.18. The summed E-state index contributed by atoms with van der Waals surface area (Å²) in [5, 5.41) is 0. The minimum atomic E-state index is 0.984. The Labute approximate surface area is 54.9 Å². The Morgan fingerprint density at radius 3 is 2.00 bits per heavy atom. The third-order valence-corrected chi connectivity index (χ3v) is 0.821. The predicted octanol–water partition coefficient (Wildman–Crippen LogP) is 2.84. The molecule has 0 amide bonds. The summed E-state index contributed by atoms with van der Waals surface area (Å²) in [5.74, 6) is 0. The summed E-state index contributed by atoms with van der Waals surface area (Å²) in [5.41, 5.74) is 0. The Morgan fingerprint density at radius 1 is 1.50 bits per heavy atom. The van der Waals surface area contributed by atoms with Gasteiger partial charge < -0.3 is 0 Å². The Hall–Kier alpha value is 0.700. The summed E-state index contributed by atoms with van der Waals surface area (Å²) in [6.45, 7) is 1.96. The van der Waals surface area contributed by atoms with E-state index in [1.165, 1.54) is 0 Å². The Balaban J connectivity index is 3.14. The fourth-order valence-electron chi connectivity index (χ4n) is 0.126. The van der Waals surface area contributed by atoms with E-state index in [1.54, 1.807) is 0 Å². The van der Waals surface area contributed by atoms with Crippen LogP contribution in [0.4, 0.5) is 0 Å². The van der Waals surface area contributed by atoms with E-state index in [0.29, 0.717) is 0 Å². The Kier molecular flexibility index (Phi) is 4.33. The fourth-order valence-corrected chi connectivity index (χ4v) is 0.655. The van der Waals surface area contributed by atoms with E-state index in [0.717, 1.165) is 3.39 Å². The standard InChI is InChI=1S/C4H5Br2/c1-2-3-4(5)6/h2-3H,1H3. The van der Waals surface area contributed by atoms with Crippen molar-refractivity contribution in [1.29, 1.82) is 0 Å². The van der Waals surface area contributed by atoms with Crippen molar-refractivity contribution in [2.45, 2.75) is 6.92 Å². The van der Waals surface area contributed by atoms with Gasteiger partial charge in [0, 0.05) is 0 Å². The lowest BCUT2D eigenvalue weighted by Crippen LogP contribution is -1.50. The van der Waals surface area contributed by atoms with E-state index in [4.69, 9.17) is 0 Å². The molecule has 0 aromatic heterocycles. The molecular weight excluding hydrogens is 208 g/mol. The highest BCUT2D eigenvalue weighted by molar-refractivity contribution is 9.28. The van der Waals surface area contributed by atoms with Crippen molar-refractivity contribution in [1.82, 2.24) is 0 Å². The van der Waals surface area contributed by atoms with Crippen molar-refractivity contribution < 1.29 is 0 Å². The van der Waals surface area contributed by atoms with E-state index < -0.39 is 0 Å². The lowest BCUT2D eigenvalue weighted by Gasteiger charge is -1.74. The van der Waals surface area contributed by atoms with Gasteiger partial charge in [-0.05, 0) is 38.3 Å². The van der Waals surface area contributed by atoms with E-state index in [9.17, 15) is 0 Å². The molecule has 6 heavy (non-hydrogen) atoms. The van der Waals surface area contributed by atoms with Crippen LogP contribution in [0, 0.1) is 6.42 Å². The molecular formula is C4H5Br2. The average Bonchev–Trinajstić information content (AvgIpc) is 1.35. The van der Waals surface area contributed by atoms with Gasteiger partial charge in [-0.3, -0.25) is 0 Å². The summed E-state index contributed by atoms with van der Waals surface area (Å²) in [6, 6.07) is 0. The van der Waals surface area contributed by atoms with Gasteiger partial charge in [0.05, 0.1) is 3.39 Å². The molecule has 1 radical (unpaired) electrons. The number of hydrogen-bond donors (Lipinski definition) is 0. The lowest BCUT2D eigenvalue weighted by molar-refractivity contribution is 1.57. The zero-order valence-corrected chi connectivity index (χ0v) is 6.58. The minimum absolute atomic E-state index is 0.984. The first-order valence-corrected chi connectivity index (χ1v) is 3.16. The van der Waals surface area contributed by atoms with E-state index in [-0.39, 0.29) is 0 Å². The molecule has 0 unspecified atom stereocenters. The van der Waals surface area contributed by atoms with Crippen molar-refractivity contribution in [3.8, 4) is 0 Å². The molecule has 0 bridgehead atoms. The second-order valence-corrected chi connectivity index (χ2v) is 3.56. The SMILES string of the molecule is C[CH]C=C(Br)Br. The first-order valence-electron chi connectivity index (χ1n) is 1.58. The minimum Gasteiger partial charge on any atom is -0.0598 e. The normalized spacial score (nSPS) is 7.83. The van der Waals surface area contributed by atoms with Crippen molar-refractivity contribution >= 4 is 31.9 Å². The molecule has 0 aromatic rings. The molecule has 0 fully saturated rings. The molecule has 0 aliphatic heterocycles. The topological polar surface area (TPSA) is 0 Å². The molecule has 0 aliphatic rings. The number of hydrogen-bond acceptors (Lipinski definition) is 0. The summed E-state index contributed by atoms with van der Waals surface area (Å²) in [4.78, 5) is 0. The van der Waals surface area contributed by atoms with Gasteiger partial charge in [0.1, 0.15) is 0 Å². The molecule has 0 atom stereocenters. The van der Waals surface area contributed by atoms with Crippen molar-refractivity contribution in [3.05, 3.63) is 15.9 Å². The zero-order chi connectivity index (χ0) is 4.99. The van der Waals surface area contributed by atoms with Crippen LogP contribution in [-0.4, -0.2) is 0 Å². The largest absolute Gasteiger partial charge is 0.0598 e. The first-order chi connectivity index (χ1) is 2.77. The molecule has 0 nitrogen and oxygen atoms in total. The van der Waals surface area contributed by atoms with Crippen molar-refractivity contribution in [2.24, 2.45) is 0 Å². The molecule has 0 aromatic carbocycles. The van der Waals surface area contributed by atoms with Crippen molar-refractivity contribution in [2.75, 3.05) is 0 Å². The highest BCUT2D eigenvalue weighted by Crippen LogP contribution is 2.12. The van der Waals surface area contributed by atoms with Gasteiger partial charge in [-0.15, -0.1) is 0 Å². The molecule has 0 N–H and O–H groups in total. The van der Waals surface area contributed by atoms with Gasteiger partial charge in [0.25, 0.3) is 0 Å². The summed E-state index contributed by atoms with van der Waals surface area (Å²) < 4.78 is 0.984. The van der Waals surface area contributed by atoms with Crippen LogP contribution in [0.15, 0.2) is 9.47 Å². The molecule has 0 saturated carbocycles. The summed E-state index contributed by atoms with van der Waals surface area (Å²) in [6.07, 6.45) is 3.86. The predicted molar refractivity (Wildman–Crippen MR) is 35.9 cm³/mol. The Bertz CT molecular complexity index is 52.6. The highest BCUT2D eigenvalue weighted by Gasteiger charge is 1.73. The van der Waals surface area contributed by atoms with Crippen LogP contribution < -0.4 is 0 Å². The third-order valence-electron chi connectivity index (χ3n) is 0.293. The van der Waals surface area contributed by atoms with Crippen LogP contribution >= 0.6 is 31.9 Å². The van der Waals surface area contributed by atoms with Gasteiger partial charge in [-0.25, -0.2) is 0 Å². The summed E-state index contributed by atoms with van der Waals surface area (Å²) in [7, 11) is 0. The number of rotatable bonds is 1. The molecule has 0 heterocycles. The van der Waals surface area contributed by atoms with Gasteiger partial charge in [-0.2, -0.15) is 0 Å². The summed E-state index contributed by atoms with van der Waals surface area (Å²) >= 11 is 6.36. The van der Waals surface area contributed by atoms with E-state index in [2.05, 4.69) is 31.9 Å². The molecule has 35 valence electrons. The molecule has 0 aliphatic carbocycles. The van der Waals surface area contributed by atoms with Crippen LogP contribution in [0.2, 0.25) is 0 Å². The highest BCUT2D eigenvalue weighted by atomic mass is 79.9. The third kappa shape index (κ3) is 4.70. The maximum Gasteiger partial charge on any atom is 0.0567 e. The second-order valence-electron chi connectivity index (χ2n) is 0.790. The van der Waals surface area contributed by atoms with Gasteiger partial charge in [0.15, 0.2) is 0 Å². The molecule has 0 rings (SSSR count). The average molecular weight is 213 g/mol. The molecule has 2 heteroatoms. The van der Waals surface area contributed by atoms with E-state index in [1.807, 2.05) is 19.4 Å². The van der Waals surface area contributed by atoms with Crippen LogP contribution in [0.5, 0.6) is 0 Å². The fraction of sp³-hybridized carbons (Fsp3) is 0.250. The number of allylic oxidation sites excluding steroid dienone is 1. The number of halogens is 2. The van der Waals surface area contributed by atoms with E-state index >= 15 is 0 Å². The second kappa shape index (κ2) is 3.88. The Morgan fingerprint density at radius 2 is 2.00 bits per heavy atom. The zero-order valence-electron chi connectivity index (χ0n) is 3.41. The molecule has 0 spiro atoms. The smallest absolute Gasteiger partial charge is 0.0567 e. The first kappa shape index (κ1) is 6.70. The van der Waals surface area contributed by atoms with Crippen molar-refractivity contribution in [3.63, 3.8) is 0 Å². The maximum absolute atomic E-state index is 3.18. The molecule has 0 saturated heterocycles. The van der Waals surface area contributed by atoms with Crippen LogP contribution in [-0.2, 0) is 0 Å².